The molecule has 3 aromatic rings. The van der Waals surface area contributed by atoms with Crippen LogP contribution in [0, 0.1) is 12.3 Å². The number of hydrogen-bond acceptors (Lipinski definition) is 4. The van der Waals surface area contributed by atoms with Crippen LogP contribution in [0.3, 0.4) is 0 Å². The van der Waals surface area contributed by atoms with Gasteiger partial charge in [0.1, 0.15) is 5.56 Å². The van der Waals surface area contributed by atoms with Crippen LogP contribution < -0.4 is 5.43 Å². The second kappa shape index (κ2) is 9.22. The number of amides is 1. The Morgan fingerprint density at radius 3 is 2.58 bits per heavy atom. The van der Waals surface area contributed by atoms with Crippen LogP contribution in [-0.4, -0.2) is 41.0 Å². The molecular formula is C27H30N2O4. The first-order chi connectivity index (χ1) is 15.9. The van der Waals surface area contributed by atoms with Gasteiger partial charge in [-0.3, -0.25) is 14.4 Å². The van der Waals surface area contributed by atoms with Gasteiger partial charge in [-0.25, -0.2) is 0 Å². The normalized spacial score (nSPS) is 18.3. The molecule has 1 atom stereocenters. The maximum atomic E-state index is 13.6. The Balaban J connectivity index is 1.71. The largest absolute Gasteiger partial charge is 0.466 e. The minimum Gasteiger partial charge on any atom is -0.466 e. The molecule has 172 valence electrons. The first kappa shape index (κ1) is 22.8. The number of piperidine rings is 1. The quantitative estimate of drug-likeness (QED) is 0.558. The monoisotopic (exact) mass is 446 g/mol. The second-order valence-electron chi connectivity index (χ2n) is 8.93. The van der Waals surface area contributed by atoms with Gasteiger partial charge in [-0.15, -0.1) is 0 Å². The first-order valence-corrected chi connectivity index (χ1v) is 11.5. The summed E-state index contributed by atoms with van der Waals surface area (Å²) in [7, 11) is 1.83. The zero-order chi connectivity index (χ0) is 23.6. The third kappa shape index (κ3) is 4.30. The Morgan fingerprint density at radius 1 is 1.09 bits per heavy atom. The molecule has 0 unspecified atom stereocenters. The van der Waals surface area contributed by atoms with Crippen molar-refractivity contribution < 1.29 is 14.3 Å². The lowest BCUT2D eigenvalue weighted by atomic mass is 9.74. The maximum Gasteiger partial charge on any atom is 0.314 e. The van der Waals surface area contributed by atoms with Crippen LogP contribution in [0.1, 0.15) is 41.3 Å². The molecule has 2 aromatic carbocycles. The smallest absolute Gasteiger partial charge is 0.314 e. The van der Waals surface area contributed by atoms with Crippen molar-refractivity contribution in [1.29, 1.82) is 0 Å². The number of nitrogens with zero attached hydrogens (tertiary/aromatic N) is 2. The van der Waals surface area contributed by atoms with Gasteiger partial charge in [0.05, 0.1) is 17.5 Å². The van der Waals surface area contributed by atoms with Crippen molar-refractivity contribution in [3.8, 4) is 0 Å². The molecule has 0 spiro atoms. The molecule has 1 saturated heterocycles. The number of aromatic nitrogens is 1. The number of carbonyl (C=O) groups excluding carboxylic acids is 2. The van der Waals surface area contributed by atoms with Gasteiger partial charge in [-0.05, 0) is 56.4 Å². The van der Waals surface area contributed by atoms with Gasteiger partial charge in [0.15, 0.2) is 0 Å². The number of para-hydroxylation sites is 1. The zero-order valence-corrected chi connectivity index (χ0v) is 19.5. The van der Waals surface area contributed by atoms with Crippen molar-refractivity contribution in [3.63, 3.8) is 0 Å². The minimum absolute atomic E-state index is 0.131. The van der Waals surface area contributed by atoms with E-state index in [4.69, 9.17) is 4.74 Å². The Hall–Kier alpha value is -3.41. The fourth-order valence-corrected chi connectivity index (χ4v) is 4.91. The molecule has 0 N–H and O–H groups in total. The van der Waals surface area contributed by atoms with Crippen LogP contribution in [0.2, 0.25) is 0 Å². The number of rotatable bonds is 5. The molecule has 1 fully saturated rings. The highest BCUT2D eigenvalue weighted by atomic mass is 16.5. The van der Waals surface area contributed by atoms with Crippen LogP contribution >= 0.6 is 0 Å². The van der Waals surface area contributed by atoms with Crippen LogP contribution in [0.4, 0.5) is 0 Å². The van der Waals surface area contributed by atoms with Gasteiger partial charge >= 0.3 is 5.97 Å². The molecule has 0 aliphatic carbocycles. The molecule has 1 aromatic heterocycles. The third-order valence-corrected chi connectivity index (χ3v) is 6.69. The van der Waals surface area contributed by atoms with Crippen LogP contribution in [0.15, 0.2) is 59.5 Å². The molecular weight excluding hydrogens is 416 g/mol. The van der Waals surface area contributed by atoms with Crippen molar-refractivity contribution in [3.05, 3.63) is 81.6 Å². The summed E-state index contributed by atoms with van der Waals surface area (Å²) in [5, 5.41) is 0.513. The van der Waals surface area contributed by atoms with Crippen molar-refractivity contribution in [1.82, 2.24) is 9.47 Å². The zero-order valence-electron chi connectivity index (χ0n) is 19.5. The van der Waals surface area contributed by atoms with Crippen LogP contribution in [-0.2, 0) is 23.0 Å². The van der Waals surface area contributed by atoms with Gasteiger partial charge in [-0.1, -0.05) is 36.4 Å². The molecule has 0 saturated carbocycles. The number of ether oxygens (including phenoxy) is 1. The van der Waals surface area contributed by atoms with E-state index in [1.807, 2.05) is 50.4 Å². The highest BCUT2D eigenvalue weighted by Gasteiger charge is 2.45. The Morgan fingerprint density at radius 2 is 1.82 bits per heavy atom. The number of esters is 1. The van der Waals surface area contributed by atoms with Gasteiger partial charge < -0.3 is 14.2 Å². The summed E-state index contributed by atoms with van der Waals surface area (Å²) in [5.74, 6) is -0.614. The molecule has 1 aliphatic heterocycles. The Labute approximate surface area is 193 Å². The molecule has 4 rings (SSSR count). The Bertz CT molecular complexity index is 1260. The summed E-state index contributed by atoms with van der Waals surface area (Å²) in [4.78, 5) is 41.6. The summed E-state index contributed by atoms with van der Waals surface area (Å²) in [6.07, 6.45) is 3.41. The lowest BCUT2D eigenvalue weighted by Gasteiger charge is -2.41. The van der Waals surface area contributed by atoms with E-state index < -0.39 is 5.41 Å². The van der Waals surface area contributed by atoms with Crippen LogP contribution in [0.25, 0.3) is 10.9 Å². The minimum atomic E-state index is -0.835. The molecule has 1 aliphatic rings. The fourth-order valence-electron chi connectivity index (χ4n) is 4.91. The van der Waals surface area contributed by atoms with Gasteiger partial charge in [0.25, 0.3) is 5.91 Å². The summed E-state index contributed by atoms with van der Waals surface area (Å²) in [6.45, 7) is 4.84. The molecule has 1 amide bonds. The van der Waals surface area contributed by atoms with Crippen molar-refractivity contribution in [2.24, 2.45) is 12.5 Å². The predicted octanol–water partition coefficient (Wildman–Crippen LogP) is 3.88. The van der Waals surface area contributed by atoms with Gasteiger partial charge in [-0.2, -0.15) is 0 Å². The van der Waals surface area contributed by atoms with E-state index in [1.165, 1.54) is 0 Å². The molecule has 0 bridgehead atoms. The van der Waals surface area contributed by atoms with Crippen LogP contribution in [0.5, 0.6) is 0 Å². The van der Waals surface area contributed by atoms with Gasteiger partial charge in [0, 0.05) is 31.7 Å². The summed E-state index contributed by atoms with van der Waals surface area (Å²) in [6, 6.07) is 15.3. The standard InChI is InChI=1S/C27H30N2O4/c1-4-33-26(32)27(16-20-11-6-5-10-19(20)2)14-9-15-29(18-27)25(31)22-17-28(3)23-13-8-7-12-21(23)24(22)30/h5-8,10-13,17H,4,9,14-16,18H2,1-3H3/t27-/m1/s1. The van der Waals surface area contributed by atoms with E-state index in [9.17, 15) is 14.4 Å². The third-order valence-electron chi connectivity index (χ3n) is 6.69. The van der Waals surface area contributed by atoms with E-state index in [0.717, 1.165) is 16.6 Å². The van der Waals surface area contributed by atoms with Crippen molar-refractivity contribution in [2.45, 2.75) is 33.1 Å². The highest BCUT2D eigenvalue weighted by Crippen LogP contribution is 2.36. The molecule has 33 heavy (non-hydrogen) atoms. The van der Waals surface area contributed by atoms with E-state index in [1.54, 1.807) is 34.7 Å². The Kier molecular flexibility index (Phi) is 6.36. The molecule has 6 heteroatoms. The number of hydrogen-bond donors (Lipinski definition) is 0. The predicted molar refractivity (Wildman–Crippen MR) is 128 cm³/mol. The fraction of sp³-hybridized carbons (Fsp3) is 0.370. The van der Waals surface area contributed by atoms with E-state index in [-0.39, 0.29) is 36.0 Å². The molecule has 0 radical (unpaired) electrons. The van der Waals surface area contributed by atoms with Crippen molar-refractivity contribution in [2.75, 3.05) is 19.7 Å². The summed E-state index contributed by atoms with van der Waals surface area (Å²) >= 11 is 0. The number of carbonyl (C=O) groups is 2. The number of aryl methyl sites for hydroxylation is 2. The second-order valence-corrected chi connectivity index (χ2v) is 8.93. The SMILES string of the molecule is CCOC(=O)[C@@]1(Cc2ccccc2C)CCCN(C(=O)c2cn(C)c3ccccc3c2=O)C1. The molecule has 6 nitrogen and oxygen atoms in total. The lowest BCUT2D eigenvalue weighted by molar-refractivity contribution is -0.158. The van der Waals surface area contributed by atoms with E-state index in [0.29, 0.717) is 31.2 Å². The summed E-state index contributed by atoms with van der Waals surface area (Å²) in [5.41, 5.74) is 1.97. The number of fused-ring (bicyclic) bond motifs is 1. The highest BCUT2D eigenvalue weighted by molar-refractivity contribution is 5.97. The number of benzene rings is 2. The number of likely N-dealkylation sites (tertiary alicyclic amines) is 1. The lowest BCUT2D eigenvalue weighted by Crippen LogP contribution is -2.52. The van der Waals surface area contributed by atoms with E-state index in [2.05, 4.69) is 0 Å². The number of pyridine rings is 1. The average molecular weight is 447 g/mol. The molecule has 2 heterocycles. The topological polar surface area (TPSA) is 68.6 Å². The van der Waals surface area contributed by atoms with Gasteiger partial charge in [0.2, 0.25) is 5.43 Å². The van der Waals surface area contributed by atoms with E-state index >= 15 is 0 Å². The van der Waals surface area contributed by atoms with Crippen molar-refractivity contribution >= 4 is 22.8 Å². The maximum absolute atomic E-state index is 13.6. The summed E-state index contributed by atoms with van der Waals surface area (Å²) < 4.78 is 7.29. The first-order valence-electron chi connectivity index (χ1n) is 11.5. The average Bonchev–Trinajstić information content (AvgIpc) is 2.83.